The van der Waals surface area contributed by atoms with E-state index in [0.29, 0.717) is 12.1 Å². The van der Waals surface area contributed by atoms with Gasteiger partial charge in [0.2, 0.25) is 5.91 Å². The highest BCUT2D eigenvalue weighted by Crippen LogP contribution is 2.21. The fourth-order valence-corrected chi connectivity index (χ4v) is 3.07. The minimum atomic E-state index is -0.577. The number of fused-ring (bicyclic) bond motifs is 1. The third kappa shape index (κ3) is 3.59. The molecule has 0 aliphatic carbocycles. The van der Waals surface area contributed by atoms with Crippen LogP contribution in [0, 0.1) is 0 Å². The van der Waals surface area contributed by atoms with Crippen LogP contribution in [0.15, 0.2) is 55.1 Å². The molecule has 142 valence electrons. The molecule has 0 bridgehead atoms. The molecule has 0 fully saturated rings. The summed E-state index contributed by atoms with van der Waals surface area (Å²) in [5, 5.41) is 19.4. The van der Waals surface area contributed by atoms with Gasteiger partial charge < -0.3 is 5.32 Å². The number of tetrazole rings is 1. The van der Waals surface area contributed by atoms with Crippen LogP contribution in [0.2, 0.25) is 0 Å². The van der Waals surface area contributed by atoms with E-state index in [1.807, 2.05) is 54.9 Å². The summed E-state index contributed by atoms with van der Waals surface area (Å²) in [6.07, 6.45) is 5.31. The normalized spacial score (nSPS) is 12.4. The fourth-order valence-electron chi connectivity index (χ4n) is 3.07. The van der Waals surface area contributed by atoms with Crippen molar-refractivity contribution >= 4 is 22.6 Å². The van der Waals surface area contributed by atoms with Gasteiger partial charge in [0.25, 0.3) is 0 Å². The Morgan fingerprint density at radius 3 is 2.71 bits per heavy atom. The van der Waals surface area contributed by atoms with Gasteiger partial charge in [0.05, 0.1) is 18.1 Å². The van der Waals surface area contributed by atoms with Crippen molar-refractivity contribution in [2.24, 2.45) is 0 Å². The monoisotopic (exact) mass is 376 g/mol. The summed E-state index contributed by atoms with van der Waals surface area (Å²) in [6.45, 7) is 4.09. The Kier molecular flexibility index (Phi) is 4.79. The first-order chi connectivity index (χ1) is 13.6. The predicted octanol–water partition coefficient (Wildman–Crippen LogP) is 2.42. The lowest BCUT2D eigenvalue weighted by molar-refractivity contribution is -0.119. The molecule has 0 aliphatic heterocycles. The molecule has 0 unspecified atom stereocenters. The SMILES string of the molecule is CC(C)n1ncc2cc(NC(=O)[C@H](Cc3ccccc3)n3cnnn3)cnc21. The molecule has 0 radical (unpaired) electrons. The van der Waals surface area contributed by atoms with Crippen LogP contribution in [0.25, 0.3) is 11.0 Å². The van der Waals surface area contributed by atoms with E-state index in [1.165, 1.54) is 11.0 Å². The van der Waals surface area contributed by atoms with Crippen molar-refractivity contribution in [2.45, 2.75) is 32.4 Å². The third-order valence-electron chi connectivity index (χ3n) is 4.45. The van der Waals surface area contributed by atoms with Crippen LogP contribution >= 0.6 is 0 Å². The summed E-state index contributed by atoms with van der Waals surface area (Å²) in [4.78, 5) is 17.4. The number of nitrogens with zero attached hydrogens (tertiary/aromatic N) is 7. The molecule has 0 aliphatic rings. The second-order valence-electron chi connectivity index (χ2n) is 6.80. The van der Waals surface area contributed by atoms with E-state index >= 15 is 0 Å². The molecular formula is C19H20N8O. The number of carbonyl (C=O) groups excluding carboxylic acids is 1. The first-order valence-electron chi connectivity index (χ1n) is 9.02. The summed E-state index contributed by atoms with van der Waals surface area (Å²) in [5.41, 5.74) is 2.41. The van der Waals surface area contributed by atoms with Crippen LogP contribution < -0.4 is 5.32 Å². The molecule has 4 aromatic rings. The van der Waals surface area contributed by atoms with Gasteiger partial charge in [-0.2, -0.15) is 5.10 Å². The van der Waals surface area contributed by atoms with Crippen LogP contribution in [-0.4, -0.2) is 40.9 Å². The number of carbonyl (C=O) groups is 1. The van der Waals surface area contributed by atoms with E-state index < -0.39 is 6.04 Å². The molecule has 0 saturated heterocycles. The first-order valence-corrected chi connectivity index (χ1v) is 9.02. The van der Waals surface area contributed by atoms with Crippen LogP contribution in [0.5, 0.6) is 0 Å². The highest BCUT2D eigenvalue weighted by molar-refractivity contribution is 5.95. The van der Waals surface area contributed by atoms with Crippen molar-refractivity contribution in [3.05, 3.63) is 60.7 Å². The zero-order valence-corrected chi connectivity index (χ0v) is 15.6. The third-order valence-corrected chi connectivity index (χ3v) is 4.45. The second kappa shape index (κ2) is 7.55. The zero-order valence-electron chi connectivity index (χ0n) is 15.6. The van der Waals surface area contributed by atoms with E-state index in [1.54, 1.807) is 12.4 Å². The van der Waals surface area contributed by atoms with Gasteiger partial charge in [-0.15, -0.1) is 5.10 Å². The zero-order chi connectivity index (χ0) is 19.5. The Hall–Kier alpha value is -3.62. The number of anilines is 1. The Labute approximate surface area is 161 Å². The van der Waals surface area contributed by atoms with Crippen molar-refractivity contribution < 1.29 is 4.79 Å². The highest BCUT2D eigenvalue weighted by Gasteiger charge is 2.23. The van der Waals surface area contributed by atoms with Crippen molar-refractivity contribution in [2.75, 3.05) is 5.32 Å². The van der Waals surface area contributed by atoms with Gasteiger partial charge in [-0.1, -0.05) is 30.3 Å². The largest absolute Gasteiger partial charge is 0.323 e. The molecule has 9 nitrogen and oxygen atoms in total. The number of aromatic nitrogens is 7. The lowest BCUT2D eigenvalue weighted by atomic mass is 10.1. The molecule has 9 heteroatoms. The van der Waals surface area contributed by atoms with Crippen LogP contribution in [-0.2, 0) is 11.2 Å². The van der Waals surface area contributed by atoms with Gasteiger partial charge in [0, 0.05) is 17.8 Å². The number of hydrogen-bond acceptors (Lipinski definition) is 6. The summed E-state index contributed by atoms with van der Waals surface area (Å²) in [5.74, 6) is -0.214. The standard InChI is InChI=1S/C19H20N8O/c1-13(2)27-18-15(10-22-27)9-16(11-20-18)23-19(28)17(26-12-21-24-25-26)8-14-6-4-3-5-7-14/h3-7,9-13,17H,8H2,1-2H3,(H,23,28)/t17-/m0/s1. The van der Waals surface area contributed by atoms with Gasteiger partial charge in [-0.25, -0.2) is 14.3 Å². The number of rotatable bonds is 6. The van der Waals surface area contributed by atoms with Crippen molar-refractivity contribution in [3.63, 3.8) is 0 Å². The molecule has 3 aromatic heterocycles. The second-order valence-corrected chi connectivity index (χ2v) is 6.80. The van der Waals surface area contributed by atoms with E-state index in [-0.39, 0.29) is 11.9 Å². The lowest BCUT2D eigenvalue weighted by Crippen LogP contribution is -2.28. The summed E-state index contributed by atoms with van der Waals surface area (Å²) < 4.78 is 3.31. The number of hydrogen-bond donors (Lipinski definition) is 1. The quantitative estimate of drug-likeness (QED) is 0.554. The summed E-state index contributed by atoms with van der Waals surface area (Å²) in [6, 6.07) is 11.3. The molecule has 1 atom stereocenters. The molecular weight excluding hydrogens is 356 g/mol. The number of amides is 1. The average molecular weight is 376 g/mol. The minimum Gasteiger partial charge on any atom is -0.323 e. The molecule has 1 amide bonds. The highest BCUT2D eigenvalue weighted by atomic mass is 16.2. The van der Waals surface area contributed by atoms with Gasteiger partial charge in [0.1, 0.15) is 12.4 Å². The van der Waals surface area contributed by atoms with Gasteiger partial charge >= 0.3 is 0 Å². The van der Waals surface area contributed by atoms with E-state index in [4.69, 9.17) is 0 Å². The fraction of sp³-hybridized carbons (Fsp3) is 0.263. The van der Waals surface area contributed by atoms with Crippen molar-refractivity contribution in [1.82, 2.24) is 35.0 Å². The topological polar surface area (TPSA) is 103 Å². The molecule has 0 spiro atoms. The Morgan fingerprint density at radius 2 is 2.00 bits per heavy atom. The number of pyridine rings is 1. The van der Waals surface area contributed by atoms with Gasteiger partial charge in [0.15, 0.2) is 5.65 Å². The van der Waals surface area contributed by atoms with Gasteiger partial charge in [-0.05, 0) is 35.9 Å². The molecule has 28 heavy (non-hydrogen) atoms. The van der Waals surface area contributed by atoms with E-state index in [2.05, 4.69) is 30.9 Å². The smallest absolute Gasteiger partial charge is 0.249 e. The Bertz CT molecular complexity index is 1070. The first kappa shape index (κ1) is 17.8. The van der Waals surface area contributed by atoms with Crippen LogP contribution in [0.1, 0.15) is 31.5 Å². The number of nitrogens with one attached hydrogen (secondary N) is 1. The lowest BCUT2D eigenvalue weighted by Gasteiger charge is -2.16. The van der Waals surface area contributed by atoms with Crippen molar-refractivity contribution in [1.29, 1.82) is 0 Å². The predicted molar refractivity (Wildman–Crippen MR) is 104 cm³/mol. The summed E-state index contributed by atoms with van der Waals surface area (Å²) >= 11 is 0. The van der Waals surface area contributed by atoms with Gasteiger partial charge in [-0.3, -0.25) is 4.79 Å². The van der Waals surface area contributed by atoms with Crippen LogP contribution in [0.4, 0.5) is 5.69 Å². The van der Waals surface area contributed by atoms with E-state index in [9.17, 15) is 4.79 Å². The average Bonchev–Trinajstić information content (AvgIpc) is 3.36. The molecule has 1 N–H and O–H groups in total. The van der Waals surface area contributed by atoms with Crippen LogP contribution in [0.3, 0.4) is 0 Å². The molecule has 1 aromatic carbocycles. The molecule has 0 saturated carbocycles. The molecule has 3 heterocycles. The maximum atomic E-state index is 13.0. The summed E-state index contributed by atoms with van der Waals surface area (Å²) in [7, 11) is 0. The minimum absolute atomic E-state index is 0.209. The molecule has 4 rings (SSSR count). The van der Waals surface area contributed by atoms with E-state index in [0.717, 1.165) is 16.6 Å². The van der Waals surface area contributed by atoms with Crippen molar-refractivity contribution in [3.8, 4) is 0 Å². The maximum absolute atomic E-state index is 13.0. The maximum Gasteiger partial charge on any atom is 0.249 e. The number of benzene rings is 1. The Morgan fingerprint density at radius 1 is 1.18 bits per heavy atom. The Balaban J connectivity index is 1.58.